The van der Waals surface area contributed by atoms with E-state index in [0.717, 1.165) is 5.56 Å². The summed E-state index contributed by atoms with van der Waals surface area (Å²) < 4.78 is 0. The van der Waals surface area contributed by atoms with Crippen LogP contribution in [-0.4, -0.2) is 6.21 Å². The van der Waals surface area contributed by atoms with Crippen LogP contribution in [0, 0.1) is 0 Å². The Morgan fingerprint density at radius 2 is 1.50 bits per heavy atom. The summed E-state index contributed by atoms with van der Waals surface area (Å²) in [5.74, 6) is 0. The van der Waals surface area contributed by atoms with Gasteiger partial charge in [0.2, 0.25) is 0 Å². The molecule has 0 aromatic heterocycles. The van der Waals surface area contributed by atoms with Crippen LogP contribution >= 0.6 is 0 Å². The molecule has 20 heavy (non-hydrogen) atoms. The molecule has 0 saturated carbocycles. The van der Waals surface area contributed by atoms with Gasteiger partial charge in [-0.1, -0.05) is 66.7 Å². The summed E-state index contributed by atoms with van der Waals surface area (Å²) in [5, 5.41) is 2.52. The minimum Gasteiger partial charge on any atom is -0.285 e. The summed E-state index contributed by atoms with van der Waals surface area (Å²) in [6, 6.07) is 25.4. The Morgan fingerprint density at radius 3 is 2.30 bits per heavy atom. The van der Waals surface area contributed by atoms with E-state index in [0.29, 0.717) is 0 Å². The number of fused-ring (bicyclic) bond motifs is 1. The molecule has 0 N–H and O–H groups in total. The topological polar surface area (TPSA) is 12.4 Å². The molecule has 0 fully saturated rings. The summed E-state index contributed by atoms with van der Waals surface area (Å²) in [4.78, 5) is 4.65. The first-order valence-electron chi connectivity index (χ1n) is 6.90. The molecule has 1 nitrogen and oxygen atoms in total. The lowest BCUT2D eigenvalue weighted by Crippen LogP contribution is -1.90. The third-order valence-corrected chi connectivity index (χ3v) is 3.50. The van der Waals surface area contributed by atoms with E-state index in [4.69, 9.17) is 0 Å². The first-order chi connectivity index (χ1) is 9.83. The summed E-state index contributed by atoms with van der Waals surface area (Å²) >= 11 is 0. The van der Waals surface area contributed by atoms with E-state index in [9.17, 15) is 0 Å². The van der Waals surface area contributed by atoms with E-state index in [-0.39, 0.29) is 6.04 Å². The van der Waals surface area contributed by atoms with Gasteiger partial charge in [0, 0.05) is 6.21 Å². The van der Waals surface area contributed by atoms with Crippen molar-refractivity contribution in [3.63, 3.8) is 0 Å². The fraction of sp³-hybridized carbons (Fsp3) is 0.105. The highest BCUT2D eigenvalue weighted by Gasteiger charge is 2.00. The Hall–Kier alpha value is -2.41. The van der Waals surface area contributed by atoms with Crippen LogP contribution in [0.2, 0.25) is 0 Å². The molecule has 1 atom stereocenters. The number of benzene rings is 3. The second kappa shape index (κ2) is 5.70. The number of aliphatic imine (C=N–C) groups is 1. The third-order valence-electron chi connectivity index (χ3n) is 3.50. The highest BCUT2D eigenvalue weighted by Crippen LogP contribution is 2.17. The molecular formula is C19H17N. The minimum absolute atomic E-state index is 0.183. The van der Waals surface area contributed by atoms with Gasteiger partial charge in [-0.2, -0.15) is 0 Å². The quantitative estimate of drug-likeness (QED) is 0.586. The van der Waals surface area contributed by atoms with Crippen molar-refractivity contribution >= 4 is 17.0 Å². The van der Waals surface area contributed by atoms with E-state index < -0.39 is 0 Å². The molecule has 0 bridgehead atoms. The molecular weight excluding hydrogens is 242 g/mol. The van der Waals surface area contributed by atoms with Gasteiger partial charge in [0.05, 0.1) is 6.04 Å². The van der Waals surface area contributed by atoms with E-state index in [1.54, 1.807) is 0 Å². The van der Waals surface area contributed by atoms with E-state index in [2.05, 4.69) is 78.6 Å². The van der Waals surface area contributed by atoms with Crippen molar-refractivity contribution in [2.75, 3.05) is 0 Å². The van der Waals surface area contributed by atoms with Crippen LogP contribution in [-0.2, 0) is 0 Å². The van der Waals surface area contributed by atoms with Crippen molar-refractivity contribution in [1.29, 1.82) is 0 Å². The Kier molecular flexibility index (Phi) is 3.60. The normalized spacial score (nSPS) is 12.8. The van der Waals surface area contributed by atoms with Crippen LogP contribution in [0.15, 0.2) is 77.8 Å². The third kappa shape index (κ3) is 2.77. The Labute approximate surface area is 119 Å². The van der Waals surface area contributed by atoms with Gasteiger partial charge in [-0.15, -0.1) is 0 Å². The largest absolute Gasteiger partial charge is 0.285 e. The Balaban J connectivity index is 1.83. The lowest BCUT2D eigenvalue weighted by atomic mass is 10.1. The SMILES string of the molecule is C[C@@H](N=Cc1ccc2ccccc2c1)c1ccccc1. The molecule has 0 radical (unpaired) electrons. The van der Waals surface area contributed by atoms with Gasteiger partial charge in [0.15, 0.2) is 0 Å². The van der Waals surface area contributed by atoms with E-state index in [1.165, 1.54) is 16.3 Å². The lowest BCUT2D eigenvalue weighted by Gasteiger charge is -2.06. The van der Waals surface area contributed by atoms with Gasteiger partial charge >= 0.3 is 0 Å². The number of nitrogens with zero attached hydrogens (tertiary/aromatic N) is 1. The minimum atomic E-state index is 0.183. The maximum atomic E-state index is 4.65. The van der Waals surface area contributed by atoms with Crippen LogP contribution in [0.1, 0.15) is 24.1 Å². The van der Waals surface area contributed by atoms with Crippen molar-refractivity contribution in [1.82, 2.24) is 0 Å². The fourth-order valence-corrected chi connectivity index (χ4v) is 2.30. The van der Waals surface area contributed by atoms with Crippen LogP contribution in [0.4, 0.5) is 0 Å². The molecule has 0 saturated heterocycles. The number of rotatable bonds is 3. The van der Waals surface area contributed by atoms with Gasteiger partial charge in [-0.25, -0.2) is 0 Å². The molecule has 0 heterocycles. The zero-order valence-electron chi connectivity index (χ0n) is 11.5. The molecule has 3 aromatic rings. The van der Waals surface area contributed by atoms with Gasteiger partial charge in [-0.3, -0.25) is 4.99 Å². The Morgan fingerprint density at radius 1 is 0.800 bits per heavy atom. The maximum absolute atomic E-state index is 4.65. The lowest BCUT2D eigenvalue weighted by molar-refractivity contribution is 0.825. The smallest absolute Gasteiger partial charge is 0.0721 e. The molecule has 0 aliphatic rings. The van der Waals surface area contributed by atoms with Gasteiger partial charge in [0.25, 0.3) is 0 Å². The molecule has 3 rings (SSSR count). The fourth-order valence-electron chi connectivity index (χ4n) is 2.30. The summed E-state index contributed by atoms with van der Waals surface area (Å²) in [5.41, 5.74) is 2.39. The van der Waals surface area contributed by atoms with Crippen molar-refractivity contribution in [3.05, 3.63) is 83.9 Å². The number of hydrogen-bond donors (Lipinski definition) is 0. The van der Waals surface area contributed by atoms with Crippen molar-refractivity contribution < 1.29 is 0 Å². The average Bonchev–Trinajstić information content (AvgIpc) is 2.53. The summed E-state index contributed by atoms with van der Waals surface area (Å²) in [7, 11) is 0. The molecule has 1 heteroatoms. The summed E-state index contributed by atoms with van der Waals surface area (Å²) in [6.07, 6.45) is 1.96. The predicted molar refractivity (Wildman–Crippen MR) is 86.4 cm³/mol. The molecule has 0 aliphatic carbocycles. The van der Waals surface area contributed by atoms with E-state index in [1.807, 2.05) is 12.3 Å². The first kappa shape index (κ1) is 12.6. The molecule has 0 amide bonds. The van der Waals surface area contributed by atoms with Crippen molar-refractivity contribution in [3.8, 4) is 0 Å². The maximum Gasteiger partial charge on any atom is 0.0721 e. The second-order valence-electron chi connectivity index (χ2n) is 4.97. The first-order valence-corrected chi connectivity index (χ1v) is 6.90. The zero-order valence-corrected chi connectivity index (χ0v) is 11.5. The van der Waals surface area contributed by atoms with Crippen molar-refractivity contribution in [2.24, 2.45) is 4.99 Å². The summed E-state index contributed by atoms with van der Waals surface area (Å²) in [6.45, 7) is 2.12. The molecule has 98 valence electrons. The Bertz CT molecular complexity index is 729. The monoisotopic (exact) mass is 259 g/mol. The second-order valence-corrected chi connectivity index (χ2v) is 4.97. The molecule has 0 unspecified atom stereocenters. The van der Waals surface area contributed by atoms with Gasteiger partial charge < -0.3 is 0 Å². The molecule has 0 spiro atoms. The highest BCUT2D eigenvalue weighted by atomic mass is 14.8. The molecule has 0 aliphatic heterocycles. The predicted octanol–water partition coefficient (Wildman–Crippen LogP) is 5.02. The zero-order chi connectivity index (χ0) is 13.8. The highest BCUT2D eigenvalue weighted by molar-refractivity contribution is 5.90. The van der Waals surface area contributed by atoms with Crippen LogP contribution < -0.4 is 0 Å². The molecule has 3 aromatic carbocycles. The van der Waals surface area contributed by atoms with Gasteiger partial charge in [0.1, 0.15) is 0 Å². The van der Waals surface area contributed by atoms with Crippen molar-refractivity contribution in [2.45, 2.75) is 13.0 Å². The standard InChI is InChI=1S/C19H17N/c1-15(17-7-3-2-4-8-17)20-14-16-11-12-18-9-5-6-10-19(18)13-16/h2-15H,1H3/t15-/m1/s1. The van der Waals surface area contributed by atoms with E-state index >= 15 is 0 Å². The average molecular weight is 259 g/mol. The van der Waals surface area contributed by atoms with Crippen LogP contribution in [0.5, 0.6) is 0 Å². The van der Waals surface area contributed by atoms with Crippen LogP contribution in [0.25, 0.3) is 10.8 Å². The van der Waals surface area contributed by atoms with Crippen LogP contribution in [0.3, 0.4) is 0 Å². The number of hydrogen-bond acceptors (Lipinski definition) is 1. The van der Waals surface area contributed by atoms with Gasteiger partial charge in [-0.05, 0) is 34.9 Å².